The molecule has 1 saturated heterocycles. The summed E-state index contributed by atoms with van der Waals surface area (Å²) in [4.78, 5) is 41.0. The minimum absolute atomic E-state index is 0.0195. The van der Waals surface area contributed by atoms with E-state index in [0.717, 1.165) is 17.5 Å². The predicted molar refractivity (Wildman–Crippen MR) is 123 cm³/mol. The van der Waals surface area contributed by atoms with E-state index in [-0.39, 0.29) is 29.7 Å². The number of hydrogen-bond acceptors (Lipinski definition) is 4. The molecule has 7 heteroatoms. The first-order valence-electron chi connectivity index (χ1n) is 10.9. The summed E-state index contributed by atoms with van der Waals surface area (Å²) >= 11 is 1.36. The van der Waals surface area contributed by atoms with Gasteiger partial charge < -0.3 is 15.5 Å². The Labute approximate surface area is 188 Å². The molecule has 6 nitrogen and oxygen atoms in total. The molecule has 2 heterocycles. The lowest BCUT2D eigenvalue weighted by molar-refractivity contribution is -0.125. The Hall–Kier alpha value is -2.67. The molecule has 0 radical (unpaired) electrons. The summed E-state index contributed by atoms with van der Waals surface area (Å²) in [6, 6.07) is 10.6. The van der Waals surface area contributed by atoms with Gasteiger partial charge in [-0.15, -0.1) is 11.3 Å². The van der Waals surface area contributed by atoms with E-state index in [4.69, 9.17) is 0 Å². The zero-order chi connectivity index (χ0) is 22.4. The first-order chi connectivity index (χ1) is 14.9. The summed E-state index contributed by atoms with van der Waals surface area (Å²) in [5.41, 5.74) is 1.68. The second kappa shape index (κ2) is 10.6. The van der Waals surface area contributed by atoms with Crippen LogP contribution in [-0.2, 0) is 4.79 Å². The maximum Gasteiger partial charge on any atom is 0.262 e. The van der Waals surface area contributed by atoms with Crippen molar-refractivity contribution < 1.29 is 14.4 Å². The maximum atomic E-state index is 13.0. The summed E-state index contributed by atoms with van der Waals surface area (Å²) in [6.07, 6.45) is 2.16. The van der Waals surface area contributed by atoms with Gasteiger partial charge in [0.1, 0.15) is 6.04 Å². The number of carbonyl (C=O) groups is 3. The van der Waals surface area contributed by atoms with Crippen molar-refractivity contribution in [2.45, 2.75) is 52.1 Å². The lowest BCUT2D eigenvalue weighted by Crippen LogP contribution is -2.55. The van der Waals surface area contributed by atoms with Crippen LogP contribution in [0.4, 0.5) is 0 Å². The van der Waals surface area contributed by atoms with Crippen molar-refractivity contribution >= 4 is 29.1 Å². The third-order valence-electron chi connectivity index (χ3n) is 5.99. The van der Waals surface area contributed by atoms with Gasteiger partial charge in [0.05, 0.1) is 4.88 Å². The molecule has 3 amide bonds. The van der Waals surface area contributed by atoms with Gasteiger partial charge in [0.15, 0.2) is 0 Å². The van der Waals surface area contributed by atoms with Gasteiger partial charge in [-0.25, -0.2) is 0 Å². The average molecular weight is 442 g/mol. The van der Waals surface area contributed by atoms with E-state index in [1.54, 1.807) is 6.07 Å². The van der Waals surface area contributed by atoms with E-state index >= 15 is 0 Å². The third kappa shape index (κ3) is 5.73. The lowest BCUT2D eigenvalue weighted by atomic mass is 9.88. The van der Waals surface area contributed by atoms with Gasteiger partial charge >= 0.3 is 0 Å². The van der Waals surface area contributed by atoms with E-state index in [0.29, 0.717) is 30.8 Å². The van der Waals surface area contributed by atoms with Crippen molar-refractivity contribution in [1.29, 1.82) is 0 Å². The van der Waals surface area contributed by atoms with Crippen LogP contribution < -0.4 is 10.6 Å². The first kappa shape index (κ1) is 23.0. The Kier molecular flexibility index (Phi) is 7.85. The number of piperidine rings is 1. The number of aryl methyl sites for hydroxylation is 1. The number of rotatable bonds is 7. The Morgan fingerprint density at radius 1 is 1.10 bits per heavy atom. The number of nitrogens with one attached hydrogen (secondary N) is 2. The molecule has 3 rings (SSSR count). The van der Waals surface area contributed by atoms with Crippen LogP contribution in [-0.4, -0.2) is 47.8 Å². The van der Waals surface area contributed by atoms with E-state index < -0.39 is 6.04 Å². The molecule has 0 saturated carbocycles. The fourth-order valence-corrected chi connectivity index (χ4v) is 4.50. The second-order valence-corrected chi connectivity index (χ2v) is 9.14. The molecule has 1 aromatic carbocycles. The lowest BCUT2D eigenvalue weighted by Gasteiger charge is -2.36. The highest BCUT2D eigenvalue weighted by Crippen LogP contribution is 2.24. The summed E-state index contributed by atoms with van der Waals surface area (Å²) in [5, 5.41) is 7.82. The molecule has 0 spiro atoms. The van der Waals surface area contributed by atoms with Crippen LogP contribution in [0.2, 0.25) is 0 Å². The molecule has 1 aromatic heterocycles. The zero-order valence-electron chi connectivity index (χ0n) is 18.4. The van der Waals surface area contributed by atoms with E-state index in [2.05, 4.69) is 10.6 Å². The summed E-state index contributed by atoms with van der Waals surface area (Å²) in [5.74, 6) is -0.366. The smallest absolute Gasteiger partial charge is 0.262 e. The van der Waals surface area contributed by atoms with E-state index in [1.807, 2.05) is 61.4 Å². The van der Waals surface area contributed by atoms with Gasteiger partial charge in [-0.3, -0.25) is 14.4 Å². The number of likely N-dealkylation sites (tertiary alicyclic amines) is 1. The topological polar surface area (TPSA) is 78.5 Å². The third-order valence-corrected chi connectivity index (χ3v) is 6.86. The van der Waals surface area contributed by atoms with Crippen molar-refractivity contribution in [2.75, 3.05) is 13.1 Å². The highest BCUT2D eigenvalue weighted by atomic mass is 32.1. The fourth-order valence-electron chi connectivity index (χ4n) is 3.87. The van der Waals surface area contributed by atoms with Gasteiger partial charge in [-0.05, 0) is 62.1 Å². The van der Waals surface area contributed by atoms with Crippen LogP contribution in [0, 0.1) is 12.8 Å². The van der Waals surface area contributed by atoms with Gasteiger partial charge in [0.25, 0.3) is 11.8 Å². The van der Waals surface area contributed by atoms with Crippen LogP contribution in [0.1, 0.15) is 58.7 Å². The van der Waals surface area contributed by atoms with Gasteiger partial charge in [0, 0.05) is 24.7 Å². The first-order valence-corrected chi connectivity index (χ1v) is 11.8. The van der Waals surface area contributed by atoms with Crippen LogP contribution in [0.25, 0.3) is 0 Å². The highest BCUT2D eigenvalue weighted by Gasteiger charge is 2.34. The quantitative estimate of drug-likeness (QED) is 0.689. The average Bonchev–Trinajstić information content (AvgIpc) is 3.32. The number of hydrogen-bond donors (Lipinski definition) is 2. The number of thiophene rings is 1. The SMILES string of the molecule is CC[C@H](C)NC(=O)[C@@H](NC(=O)c1cccs1)C1CCN(C(=O)c2ccccc2C)CC1. The van der Waals surface area contributed by atoms with Crippen LogP contribution in [0.15, 0.2) is 41.8 Å². The normalized spacial score (nSPS) is 16.4. The number of benzene rings is 1. The molecule has 2 N–H and O–H groups in total. The molecule has 0 bridgehead atoms. The Balaban J connectivity index is 1.68. The predicted octanol–water partition coefficient (Wildman–Crippen LogP) is 3.62. The molecule has 1 aliphatic rings. The van der Waals surface area contributed by atoms with Crippen molar-refractivity contribution in [3.63, 3.8) is 0 Å². The van der Waals surface area contributed by atoms with Gasteiger partial charge in [-0.1, -0.05) is 31.2 Å². The van der Waals surface area contributed by atoms with E-state index in [1.165, 1.54) is 11.3 Å². The molecule has 2 atom stereocenters. The molecule has 1 fully saturated rings. The molecule has 0 aliphatic carbocycles. The van der Waals surface area contributed by atoms with Crippen LogP contribution >= 0.6 is 11.3 Å². The number of carbonyl (C=O) groups excluding carboxylic acids is 3. The van der Waals surface area contributed by atoms with Crippen LogP contribution in [0.5, 0.6) is 0 Å². The Morgan fingerprint density at radius 3 is 2.42 bits per heavy atom. The monoisotopic (exact) mass is 441 g/mol. The Bertz CT molecular complexity index is 905. The number of amides is 3. The summed E-state index contributed by atoms with van der Waals surface area (Å²) < 4.78 is 0. The van der Waals surface area contributed by atoms with Crippen molar-refractivity contribution in [2.24, 2.45) is 5.92 Å². The fraction of sp³-hybridized carbons (Fsp3) is 0.458. The van der Waals surface area contributed by atoms with Crippen LogP contribution in [0.3, 0.4) is 0 Å². The highest BCUT2D eigenvalue weighted by molar-refractivity contribution is 7.12. The maximum absolute atomic E-state index is 13.0. The molecule has 1 aliphatic heterocycles. The standard InChI is InChI=1S/C24H31N3O3S/c1-4-17(3)25-23(29)21(26-22(28)20-10-7-15-31-20)18-11-13-27(14-12-18)24(30)19-9-6-5-8-16(19)2/h5-10,15,17-18,21H,4,11-14H2,1-3H3,(H,25,29)(H,26,28)/t17-,21-/m0/s1. The summed E-state index contributed by atoms with van der Waals surface area (Å²) in [7, 11) is 0. The number of nitrogens with zero attached hydrogens (tertiary/aromatic N) is 1. The summed E-state index contributed by atoms with van der Waals surface area (Å²) in [6.45, 7) is 7.05. The van der Waals surface area contributed by atoms with E-state index in [9.17, 15) is 14.4 Å². The van der Waals surface area contributed by atoms with Crippen molar-refractivity contribution in [3.05, 3.63) is 57.8 Å². The molecular weight excluding hydrogens is 410 g/mol. The second-order valence-electron chi connectivity index (χ2n) is 8.19. The van der Waals surface area contributed by atoms with Crippen molar-refractivity contribution in [3.8, 4) is 0 Å². The molecule has 0 unspecified atom stereocenters. The molecule has 31 heavy (non-hydrogen) atoms. The van der Waals surface area contributed by atoms with Gasteiger partial charge in [0.2, 0.25) is 5.91 Å². The van der Waals surface area contributed by atoms with Crippen molar-refractivity contribution in [1.82, 2.24) is 15.5 Å². The Morgan fingerprint density at radius 2 is 1.81 bits per heavy atom. The molecular formula is C24H31N3O3S. The van der Waals surface area contributed by atoms with Gasteiger partial charge in [-0.2, -0.15) is 0 Å². The molecule has 166 valence electrons. The largest absolute Gasteiger partial charge is 0.352 e. The minimum atomic E-state index is -0.612. The molecule has 2 aromatic rings. The minimum Gasteiger partial charge on any atom is -0.352 e. The zero-order valence-corrected chi connectivity index (χ0v) is 19.2.